The van der Waals surface area contributed by atoms with E-state index in [1.807, 2.05) is 0 Å². The Kier molecular flexibility index (Phi) is 21.6. The Hall–Kier alpha value is -5.61. The van der Waals surface area contributed by atoms with E-state index in [0.29, 0.717) is 48.6 Å². The summed E-state index contributed by atoms with van der Waals surface area (Å²) in [6.45, 7) is 15.9. The van der Waals surface area contributed by atoms with Crippen LogP contribution in [0, 0.1) is 0 Å². The molecular weight excluding hydrogens is 855 g/mol. The van der Waals surface area contributed by atoms with Crippen LogP contribution in [-0.4, -0.2) is 177 Å². The zero-order chi connectivity index (χ0) is 46.9. The maximum Gasteiger partial charge on any atom is 0.409 e. The maximum absolute atomic E-state index is 13.4. The number of methoxy groups -OCH3 is 1. The topological polar surface area (TPSA) is 241 Å². The molecule has 2 aliphatic rings. The number of nitrogen functional groups attached to an aromatic ring is 1. The van der Waals surface area contributed by atoms with Crippen LogP contribution < -0.4 is 43.0 Å². The number of rotatable bonds is 12. The summed E-state index contributed by atoms with van der Waals surface area (Å²) in [4.78, 5) is 62.8. The highest BCUT2D eigenvalue weighted by atomic mass is 16.6. The van der Waals surface area contributed by atoms with Crippen molar-refractivity contribution < 1.29 is 23.9 Å². The van der Waals surface area contributed by atoms with Crippen LogP contribution in [0.3, 0.4) is 0 Å². The monoisotopic (exact) mass is 926 g/mol. The molecule has 2 saturated heterocycles. The minimum atomic E-state index is -1.20. The maximum atomic E-state index is 13.4. The smallest absolute Gasteiger partial charge is 0.409 e. The number of nitrogens with two attached hydrogens (primary N) is 1. The summed E-state index contributed by atoms with van der Waals surface area (Å²) in [5.74, 6) is -1.12. The van der Waals surface area contributed by atoms with Crippen LogP contribution in [0.4, 0.5) is 16.4 Å². The zero-order valence-electron chi connectivity index (χ0n) is 39.1. The summed E-state index contributed by atoms with van der Waals surface area (Å²) in [7, 11) is 1.22. The number of carbonyl (C=O) groups excluding carboxylic acids is 3. The Bertz CT molecular complexity index is 2070. The van der Waals surface area contributed by atoms with Crippen molar-refractivity contribution in [2.24, 2.45) is 0 Å². The van der Waals surface area contributed by atoms with Crippen molar-refractivity contribution in [3.63, 3.8) is 0 Å². The van der Waals surface area contributed by atoms with Gasteiger partial charge in [0.1, 0.15) is 12.1 Å². The van der Waals surface area contributed by atoms with E-state index in [1.54, 1.807) is 35.4 Å². The van der Waals surface area contributed by atoms with E-state index in [9.17, 15) is 14.4 Å². The lowest BCUT2D eigenvalue weighted by molar-refractivity contribution is -0.143. The van der Waals surface area contributed by atoms with Gasteiger partial charge < -0.3 is 57.3 Å². The molecule has 2 aromatic heterocycles. The van der Waals surface area contributed by atoms with Gasteiger partial charge in [-0.3, -0.25) is 14.6 Å². The standard InChI is InChI=1S/C47H71N15O5/c1-66-45(64)42(58-44(63)38-10-12-39(13-11-38)54-30-40-31-55-43-41(57-40)32-56-46(48)59-43)35-67-47(65)62-26-5-18-52-22-28-61(25-4-17-53-23-29-62)34-37-8-6-36(7-9-37)33-60-24-3-16-50-20-19-49-14-2-15-51-21-27-60/h6-13,31-32,42,49-54H,2-5,14-30,33-35H2,1H3,(H,58,63)(H2,48,55,56,59). The predicted octanol–water partition coefficient (Wildman–Crippen LogP) is 1.16. The summed E-state index contributed by atoms with van der Waals surface area (Å²) in [5.41, 5.74) is 10.9. The molecule has 20 heteroatoms. The fraction of sp³-hybridized carbons (Fsp3) is 0.553. The SMILES string of the molecule is COC(=O)C(COC(=O)N1CCCNCCN(Cc2ccc(CN3CCCNCCNCCCNCC3)cc2)CCCNCC1)NC(=O)c1ccc(NCc2cnc3nc(N)ncc3n2)cc1. The Morgan fingerprint density at radius 1 is 0.672 bits per heavy atom. The highest BCUT2D eigenvalue weighted by Gasteiger charge is 2.26. The van der Waals surface area contributed by atoms with Gasteiger partial charge in [-0.1, -0.05) is 24.3 Å². The molecule has 0 spiro atoms. The number of esters is 1. The molecule has 0 saturated carbocycles. The first kappa shape index (κ1) is 50.8. The number of nitrogens with zero attached hydrogens (tertiary/aromatic N) is 7. The number of fused-ring (bicyclic) bond motifs is 1. The third kappa shape index (κ3) is 18.2. The van der Waals surface area contributed by atoms with Gasteiger partial charge in [0.15, 0.2) is 11.7 Å². The molecule has 6 rings (SSSR count). The van der Waals surface area contributed by atoms with Crippen LogP contribution in [0.2, 0.25) is 0 Å². The summed E-state index contributed by atoms with van der Waals surface area (Å²) in [6, 6.07) is 14.7. The van der Waals surface area contributed by atoms with Gasteiger partial charge >= 0.3 is 12.1 Å². The molecule has 4 aromatic rings. The summed E-state index contributed by atoms with van der Waals surface area (Å²) in [6.07, 6.45) is 6.53. The number of amides is 2. The molecule has 0 radical (unpaired) electrons. The average Bonchev–Trinajstić information content (AvgIpc) is 3.34. The molecule has 2 fully saturated rings. The number of hydrogen-bond acceptors (Lipinski definition) is 18. The number of carbonyl (C=O) groups is 3. The second kappa shape index (κ2) is 28.5. The molecule has 2 aliphatic heterocycles. The number of nitrogens with one attached hydrogen (secondary N) is 7. The average molecular weight is 926 g/mol. The first-order valence-corrected chi connectivity index (χ1v) is 23.8. The highest BCUT2D eigenvalue weighted by molar-refractivity contribution is 5.97. The molecule has 0 aliphatic carbocycles. The van der Waals surface area contributed by atoms with Crippen molar-refractivity contribution in [3.05, 3.63) is 83.3 Å². The van der Waals surface area contributed by atoms with Crippen molar-refractivity contribution in [2.75, 3.05) is 129 Å². The van der Waals surface area contributed by atoms with E-state index in [2.05, 4.69) is 91.2 Å². The predicted molar refractivity (Wildman–Crippen MR) is 259 cm³/mol. The van der Waals surface area contributed by atoms with E-state index in [0.717, 1.165) is 130 Å². The second-order valence-electron chi connectivity index (χ2n) is 16.9. The van der Waals surface area contributed by atoms with Crippen molar-refractivity contribution in [1.82, 2.24) is 66.5 Å². The Labute approximate surface area is 394 Å². The first-order valence-electron chi connectivity index (χ1n) is 23.8. The molecule has 4 heterocycles. The first-order chi connectivity index (χ1) is 32.8. The molecular formula is C47H71N15O5. The summed E-state index contributed by atoms with van der Waals surface area (Å²) in [5, 5.41) is 23.6. The molecule has 1 atom stereocenters. The van der Waals surface area contributed by atoms with E-state index in [4.69, 9.17) is 15.2 Å². The Balaban J connectivity index is 0.908. The van der Waals surface area contributed by atoms with Gasteiger partial charge in [-0.05, 0) is 107 Å². The van der Waals surface area contributed by atoms with Crippen molar-refractivity contribution in [2.45, 2.75) is 51.4 Å². The molecule has 0 bridgehead atoms. The van der Waals surface area contributed by atoms with E-state index in [-0.39, 0.29) is 12.6 Å². The van der Waals surface area contributed by atoms with Crippen LogP contribution in [-0.2, 0) is 33.9 Å². The molecule has 20 nitrogen and oxygen atoms in total. The van der Waals surface area contributed by atoms with E-state index < -0.39 is 24.0 Å². The van der Waals surface area contributed by atoms with Crippen molar-refractivity contribution in [1.29, 1.82) is 0 Å². The van der Waals surface area contributed by atoms with Gasteiger partial charge in [-0.2, -0.15) is 4.98 Å². The number of anilines is 2. The third-order valence-electron chi connectivity index (χ3n) is 11.6. The number of aromatic nitrogens is 4. The van der Waals surface area contributed by atoms with Gasteiger partial charge in [0.25, 0.3) is 5.91 Å². The largest absolute Gasteiger partial charge is 0.467 e. The van der Waals surface area contributed by atoms with Gasteiger partial charge in [-0.25, -0.2) is 24.5 Å². The number of ether oxygens (including phenoxy) is 2. The summed E-state index contributed by atoms with van der Waals surface area (Å²) >= 11 is 0. The van der Waals surface area contributed by atoms with Crippen molar-refractivity contribution >= 4 is 40.8 Å². The van der Waals surface area contributed by atoms with Gasteiger partial charge in [0, 0.05) is 83.2 Å². The second-order valence-corrected chi connectivity index (χ2v) is 16.9. The van der Waals surface area contributed by atoms with Gasteiger partial charge in [0.05, 0.1) is 31.7 Å². The van der Waals surface area contributed by atoms with Crippen LogP contribution in [0.5, 0.6) is 0 Å². The number of hydrogen-bond donors (Lipinski definition) is 8. The molecule has 364 valence electrons. The Morgan fingerprint density at radius 2 is 1.25 bits per heavy atom. The van der Waals surface area contributed by atoms with Gasteiger partial charge in [-0.15, -0.1) is 0 Å². The zero-order valence-corrected chi connectivity index (χ0v) is 39.1. The number of benzene rings is 2. The lowest BCUT2D eigenvalue weighted by Crippen LogP contribution is -2.47. The Morgan fingerprint density at radius 3 is 1.88 bits per heavy atom. The van der Waals surface area contributed by atoms with Crippen LogP contribution in [0.1, 0.15) is 52.9 Å². The molecule has 1 unspecified atom stereocenters. The molecule has 9 N–H and O–H groups in total. The van der Waals surface area contributed by atoms with Crippen LogP contribution >= 0.6 is 0 Å². The minimum absolute atomic E-state index is 0.128. The summed E-state index contributed by atoms with van der Waals surface area (Å²) < 4.78 is 10.6. The lowest BCUT2D eigenvalue weighted by atomic mass is 10.1. The molecule has 2 amide bonds. The van der Waals surface area contributed by atoms with Crippen LogP contribution in [0.25, 0.3) is 11.2 Å². The third-order valence-corrected chi connectivity index (χ3v) is 11.6. The fourth-order valence-electron chi connectivity index (χ4n) is 7.87. The normalized spacial score (nSPS) is 17.9. The van der Waals surface area contributed by atoms with Gasteiger partial charge in [0.2, 0.25) is 5.95 Å². The van der Waals surface area contributed by atoms with Crippen molar-refractivity contribution in [3.8, 4) is 0 Å². The fourth-order valence-corrected chi connectivity index (χ4v) is 7.87. The quantitative estimate of drug-likeness (QED) is 0.0931. The van der Waals surface area contributed by atoms with E-state index in [1.165, 1.54) is 24.4 Å². The highest BCUT2D eigenvalue weighted by Crippen LogP contribution is 2.14. The van der Waals surface area contributed by atoms with E-state index >= 15 is 0 Å². The lowest BCUT2D eigenvalue weighted by Gasteiger charge is -2.26. The van der Waals surface area contributed by atoms with Crippen LogP contribution in [0.15, 0.2) is 60.9 Å². The molecule has 2 aromatic carbocycles. The molecule has 67 heavy (non-hydrogen) atoms. The minimum Gasteiger partial charge on any atom is -0.467 e.